The Balaban J connectivity index is 2.34. The molecule has 2 aromatic carbocycles. The van der Waals surface area contributed by atoms with Gasteiger partial charge in [-0.1, -0.05) is 30.3 Å². The molecule has 0 heterocycles. The largest absolute Gasteiger partial charge is 0.457 e. The van der Waals surface area contributed by atoms with Gasteiger partial charge in [-0.2, -0.15) is 13.2 Å². The van der Waals surface area contributed by atoms with E-state index < -0.39 is 11.7 Å². The lowest BCUT2D eigenvalue weighted by Gasteiger charge is -2.12. The van der Waals surface area contributed by atoms with Crippen molar-refractivity contribution in [3.05, 3.63) is 60.2 Å². The van der Waals surface area contributed by atoms with Crippen LogP contribution >= 0.6 is 0 Å². The van der Waals surface area contributed by atoms with Gasteiger partial charge in [0.15, 0.2) is 0 Å². The zero-order valence-corrected chi connectivity index (χ0v) is 8.66. The van der Waals surface area contributed by atoms with E-state index in [0.717, 1.165) is 0 Å². The minimum atomic E-state index is -4.47. The van der Waals surface area contributed by atoms with Crippen molar-refractivity contribution in [2.75, 3.05) is 0 Å². The average Bonchev–Trinajstić information content (AvgIpc) is 2.30. The van der Waals surface area contributed by atoms with Crippen LogP contribution in [0.5, 0.6) is 11.5 Å². The van der Waals surface area contributed by atoms with Crippen molar-refractivity contribution in [2.45, 2.75) is 6.18 Å². The predicted molar refractivity (Wildman–Crippen MR) is 56.8 cm³/mol. The second kappa shape index (κ2) is 4.49. The van der Waals surface area contributed by atoms with Gasteiger partial charge in [0.2, 0.25) is 0 Å². The van der Waals surface area contributed by atoms with Crippen molar-refractivity contribution < 1.29 is 17.9 Å². The lowest BCUT2D eigenvalue weighted by atomic mass is 10.2. The maximum absolute atomic E-state index is 12.6. The highest BCUT2D eigenvalue weighted by molar-refractivity contribution is 5.38. The molecule has 2 aromatic rings. The number of halogens is 3. The molecule has 0 aliphatic carbocycles. The van der Waals surface area contributed by atoms with Crippen LogP contribution in [0.15, 0.2) is 48.5 Å². The molecule has 0 fully saturated rings. The first-order valence-corrected chi connectivity index (χ1v) is 4.88. The maximum Gasteiger partial charge on any atom is 0.420 e. The highest BCUT2D eigenvalue weighted by atomic mass is 19.4. The van der Waals surface area contributed by atoms with Crippen LogP contribution in [0.25, 0.3) is 0 Å². The molecule has 0 aliphatic rings. The van der Waals surface area contributed by atoms with Crippen molar-refractivity contribution >= 4 is 0 Å². The van der Waals surface area contributed by atoms with Gasteiger partial charge in [-0.25, -0.2) is 0 Å². The molecule has 4 heteroatoms. The van der Waals surface area contributed by atoms with Crippen LogP contribution in [0.3, 0.4) is 0 Å². The van der Waals surface area contributed by atoms with Crippen molar-refractivity contribution in [1.29, 1.82) is 0 Å². The van der Waals surface area contributed by atoms with E-state index in [2.05, 4.69) is 6.07 Å². The third-order valence-electron chi connectivity index (χ3n) is 2.07. The SMILES string of the molecule is FC(F)(F)c1[c]cccc1Oc1ccccc1. The van der Waals surface area contributed by atoms with Gasteiger partial charge in [0, 0.05) is 0 Å². The Labute approximate surface area is 96.5 Å². The number of para-hydroxylation sites is 1. The van der Waals surface area contributed by atoms with Gasteiger partial charge in [-0.05, 0) is 24.3 Å². The molecule has 0 bridgehead atoms. The molecule has 0 N–H and O–H groups in total. The molecular weight excluding hydrogens is 229 g/mol. The second-order valence-electron chi connectivity index (χ2n) is 3.32. The summed E-state index contributed by atoms with van der Waals surface area (Å²) in [6.07, 6.45) is -4.47. The summed E-state index contributed by atoms with van der Waals surface area (Å²) in [4.78, 5) is 0. The van der Waals surface area contributed by atoms with Crippen LogP contribution < -0.4 is 4.74 Å². The normalized spacial score (nSPS) is 11.2. The summed E-state index contributed by atoms with van der Waals surface area (Å²) in [7, 11) is 0. The smallest absolute Gasteiger partial charge is 0.420 e. The quantitative estimate of drug-likeness (QED) is 0.756. The Morgan fingerprint density at radius 1 is 0.941 bits per heavy atom. The van der Waals surface area contributed by atoms with Crippen LogP contribution in [0.2, 0.25) is 0 Å². The van der Waals surface area contributed by atoms with E-state index in [0.29, 0.717) is 5.75 Å². The summed E-state index contributed by atoms with van der Waals surface area (Å²) in [5, 5.41) is 0. The van der Waals surface area contributed by atoms with E-state index >= 15 is 0 Å². The average molecular weight is 237 g/mol. The van der Waals surface area contributed by atoms with Crippen molar-refractivity contribution in [1.82, 2.24) is 0 Å². The van der Waals surface area contributed by atoms with Crippen LogP contribution in [0.4, 0.5) is 13.2 Å². The Bertz CT molecular complexity index is 492. The minimum absolute atomic E-state index is 0.244. The molecule has 17 heavy (non-hydrogen) atoms. The molecule has 0 aliphatic heterocycles. The van der Waals surface area contributed by atoms with Crippen LogP contribution in [-0.2, 0) is 6.18 Å². The van der Waals surface area contributed by atoms with Gasteiger partial charge < -0.3 is 4.74 Å². The number of hydrogen-bond acceptors (Lipinski definition) is 1. The van der Waals surface area contributed by atoms with E-state index in [4.69, 9.17) is 4.74 Å². The second-order valence-corrected chi connectivity index (χ2v) is 3.32. The highest BCUT2D eigenvalue weighted by Crippen LogP contribution is 2.37. The topological polar surface area (TPSA) is 9.23 Å². The van der Waals surface area contributed by atoms with Crippen LogP contribution in [0.1, 0.15) is 5.56 Å². The number of alkyl halides is 3. The first kappa shape index (κ1) is 11.5. The summed E-state index contributed by atoms with van der Waals surface area (Å²) < 4.78 is 43.1. The van der Waals surface area contributed by atoms with Gasteiger partial charge in [0.1, 0.15) is 17.1 Å². The number of benzene rings is 2. The van der Waals surface area contributed by atoms with Crippen molar-refractivity contribution in [3.63, 3.8) is 0 Å². The molecule has 0 unspecified atom stereocenters. The first-order chi connectivity index (χ1) is 8.07. The van der Waals surface area contributed by atoms with E-state index in [1.807, 2.05) is 0 Å². The number of rotatable bonds is 2. The van der Waals surface area contributed by atoms with Gasteiger partial charge in [0.05, 0.1) is 0 Å². The maximum atomic E-state index is 12.6. The molecule has 1 radical (unpaired) electrons. The molecule has 0 spiro atoms. The lowest BCUT2D eigenvalue weighted by molar-refractivity contribution is -0.138. The standard InChI is InChI=1S/C13H8F3O/c14-13(15,16)11-8-4-5-9-12(11)17-10-6-2-1-3-7-10/h1-7,9H. The molecule has 1 nitrogen and oxygen atoms in total. The summed E-state index contributed by atoms with van der Waals surface area (Å²) in [6, 6.07) is 14.4. The first-order valence-electron chi connectivity index (χ1n) is 4.88. The summed E-state index contributed by atoms with van der Waals surface area (Å²) in [6.45, 7) is 0. The lowest BCUT2D eigenvalue weighted by Crippen LogP contribution is -2.07. The van der Waals surface area contributed by atoms with Crippen molar-refractivity contribution in [3.8, 4) is 11.5 Å². The fraction of sp³-hybridized carbons (Fsp3) is 0.0769. The summed E-state index contributed by atoms with van der Waals surface area (Å²) >= 11 is 0. The van der Waals surface area contributed by atoms with E-state index in [-0.39, 0.29) is 5.75 Å². The van der Waals surface area contributed by atoms with Gasteiger partial charge >= 0.3 is 6.18 Å². The monoisotopic (exact) mass is 237 g/mol. The Morgan fingerprint density at radius 2 is 1.65 bits per heavy atom. The van der Waals surface area contributed by atoms with Gasteiger partial charge in [-0.3, -0.25) is 0 Å². The molecule has 2 rings (SSSR count). The van der Waals surface area contributed by atoms with Crippen LogP contribution in [-0.4, -0.2) is 0 Å². The van der Waals surface area contributed by atoms with E-state index in [9.17, 15) is 13.2 Å². The van der Waals surface area contributed by atoms with Gasteiger partial charge in [-0.15, -0.1) is 0 Å². The molecule has 0 atom stereocenters. The fourth-order valence-electron chi connectivity index (χ4n) is 1.34. The van der Waals surface area contributed by atoms with Crippen molar-refractivity contribution in [2.24, 2.45) is 0 Å². The van der Waals surface area contributed by atoms with E-state index in [1.54, 1.807) is 30.3 Å². The predicted octanol–water partition coefficient (Wildman–Crippen LogP) is 4.30. The zero-order chi connectivity index (χ0) is 12.3. The van der Waals surface area contributed by atoms with Crippen LogP contribution in [0, 0.1) is 6.07 Å². The third-order valence-corrected chi connectivity index (χ3v) is 2.07. The molecule has 0 amide bonds. The fourth-order valence-corrected chi connectivity index (χ4v) is 1.34. The Hall–Kier alpha value is -1.97. The highest BCUT2D eigenvalue weighted by Gasteiger charge is 2.34. The molecule has 0 saturated heterocycles. The van der Waals surface area contributed by atoms with Gasteiger partial charge in [0.25, 0.3) is 0 Å². The molecule has 87 valence electrons. The zero-order valence-electron chi connectivity index (χ0n) is 8.66. The number of ether oxygens (including phenoxy) is 1. The summed E-state index contributed by atoms with van der Waals surface area (Å²) in [5.41, 5.74) is -0.899. The number of hydrogen-bond donors (Lipinski definition) is 0. The van der Waals surface area contributed by atoms with E-state index in [1.165, 1.54) is 18.2 Å². The summed E-state index contributed by atoms with van der Waals surface area (Å²) in [5.74, 6) is 0.115. The minimum Gasteiger partial charge on any atom is -0.457 e. The Kier molecular flexibility index (Phi) is 3.04. The molecule has 0 aromatic heterocycles. The third kappa shape index (κ3) is 2.78. The molecular formula is C13H8F3O. The Morgan fingerprint density at radius 3 is 2.29 bits per heavy atom. The molecule has 0 saturated carbocycles.